The molecular weight excluding hydrogens is 248 g/mol. The maximum absolute atomic E-state index is 12.0. The normalized spacial score (nSPS) is 11.2. The van der Waals surface area contributed by atoms with Crippen molar-refractivity contribution in [2.24, 2.45) is 0 Å². The fourth-order valence-corrected chi connectivity index (χ4v) is 2.14. The predicted molar refractivity (Wildman–Crippen MR) is 81.5 cm³/mol. The van der Waals surface area contributed by atoms with Crippen molar-refractivity contribution in [2.75, 3.05) is 6.61 Å². The van der Waals surface area contributed by atoms with Gasteiger partial charge in [0.05, 0.1) is 12.0 Å². The molecule has 0 N–H and O–H groups in total. The van der Waals surface area contributed by atoms with Gasteiger partial charge < -0.3 is 4.74 Å². The summed E-state index contributed by atoms with van der Waals surface area (Å²) in [5.74, 6) is -0.188. The second-order valence-corrected chi connectivity index (χ2v) is 5.29. The third kappa shape index (κ3) is 2.90. The Hall–Kier alpha value is -2.09. The summed E-state index contributed by atoms with van der Waals surface area (Å²) in [7, 11) is 0. The van der Waals surface area contributed by atoms with E-state index in [1.54, 1.807) is 0 Å². The number of ether oxygens (including phenoxy) is 1. The standard InChI is InChI=1S/C18H20O2/c1-4-20-17(19)18(2,3)16-12-10-15(11-13-16)14-8-6-5-7-9-14/h5-13H,4H2,1-3H3. The molecule has 2 rings (SSSR count). The summed E-state index contributed by atoms with van der Waals surface area (Å²) in [6, 6.07) is 18.3. The molecule has 0 saturated heterocycles. The fourth-order valence-electron chi connectivity index (χ4n) is 2.14. The van der Waals surface area contributed by atoms with Crippen LogP contribution in [-0.4, -0.2) is 12.6 Å². The summed E-state index contributed by atoms with van der Waals surface area (Å²) in [5, 5.41) is 0. The molecule has 0 bridgehead atoms. The van der Waals surface area contributed by atoms with Crippen molar-refractivity contribution in [1.29, 1.82) is 0 Å². The van der Waals surface area contributed by atoms with E-state index in [1.165, 1.54) is 5.56 Å². The lowest BCUT2D eigenvalue weighted by molar-refractivity contribution is -0.148. The van der Waals surface area contributed by atoms with E-state index in [9.17, 15) is 4.79 Å². The molecule has 2 aromatic rings. The zero-order chi connectivity index (χ0) is 14.6. The van der Waals surface area contributed by atoms with E-state index < -0.39 is 5.41 Å². The summed E-state index contributed by atoms with van der Waals surface area (Å²) in [4.78, 5) is 12.0. The highest BCUT2D eigenvalue weighted by Gasteiger charge is 2.31. The molecule has 0 heterocycles. The van der Waals surface area contributed by atoms with Crippen LogP contribution in [0.15, 0.2) is 54.6 Å². The molecule has 0 spiro atoms. The van der Waals surface area contributed by atoms with E-state index >= 15 is 0 Å². The molecule has 0 aliphatic carbocycles. The Labute approximate surface area is 120 Å². The van der Waals surface area contributed by atoms with Gasteiger partial charge in [0.2, 0.25) is 0 Å². The van der Waals surface area contributed by atoms with Crippen LogP contribution < -0.4 is 0 Å². The molecule has 0 aliphatic rings. The Morgan fingerprint density at radius 2 is 1.50 bits per heavy atom. The van der Waals surface area contributed by atoms with Crippen LogP contribution in [0.25, 0.3) is 11.1 Å². The third-order valence-corrected chi connectivity index (χ3v) is 3.50. The van der Waals surface area contributed by atoms with E-state index in [1.807, 2.05) is 63.2 Å². The maximum atomic E-state index is 12.0. The highest BCUT2D eigenvalue weighted by Crippen LogP contribution is 2.27. The van der Waals surface area contributed by atoms with Crippen molar-refractivity contribution in [2.45, 2.75) is 26.2 Å². The van der Waals surface area contributed by atoms with Gasteiger partial charge in [-0.3, -0.25) is 4.79 Å². The topological polar surface area (TPSA) is 26.3 Å². The first kappa shape index (κ1) is 14.3. The van der Waals surface area contributed by atoms with Crippen molar-refractivity contribution in [1.82, 2.24) is 0 Å². The Balaban J connectivity index is 2.26. The van der Waals surface area contributed by atoms with Crippen LogP contribution in [0.1, 0.15) is 26.3 Å². The number of carbonyl (C=O) groups excluding carboxylic acids is 1. The molecule has 0 amide bonds. The average molecular weight is 268 g/mol. The lowest BCUT2D eigenvalue weighted by Gasteiger charge is -2.23. The van der Waals surface area contributed by atoms with Crippen LogP contribution in [0.2, 0.25) is 0 Å². The molecule has 0 unspecified atom stereocenters. The first-order chi connectivity index (χ1) is 9.55. The van der Waals surface area contributed by atoms with E-state index in [-0.39, 0.29) is 5.97 Å². The molecule has 0 radical (unpaired) electrons. The summed E-state index contributed by atoms with van der Waals surface area (Å²) >= 11 is 0. The Kier molecular flexibility index (Phi) is 4.23. The van der Waals surface area contributed by atoms with Crippen molar-refractivity contribution < 1.29 is 9.53 Å². The molecule has 20 heavy (non-hydrogen) atoms. The van der Waals surface area contributed by atoms with Gasteiger partial charge in [0.15, 0.2) is 0 Å². The smallest absolute Gasteiger partial charge is 0.315 e. The van der Waals surface area contributed by atoms with Crippen LogP contribution in [-0.2, 0) is 14.9 Å². The van der Waals surface area contributed by atoms with Gasteiger partial charge in [-0.25, -0.2) is 0 Å². The molecule has 0 aromatic heterocycles. The van der Waals surface area contributed by atoms with E-state index in [2.05, 4.69) is 12.1 Å². The van der Waals surface area contributed by atoms with E-state index in [4.69, 9.17) is 4.74 Å². The third-order valence-electron chi connectivity index (χ3n) is 3.50. The minimum Gasteiger partial charge on any atom is -0.465 e. The summed E-state index contributed by atoms with van der Waals surface area (Å²) in [5.41, 5.74) is 2.67. The number of rotatable bonds is 4. The van der Waals surface area contributed by atoms with E-state index in [0.717, 1.165) is 11.1 Å². The minimum atomic E-state index is -0.620. The quantitative estimate of drug-likeness (QED) is 0.777. The Morgan fingerprint density at radius 1 is 0.950 bits per heavy atom. The lowest BCUT2D eigenvalue weighted by Crippen LogP contribution is -2.31. The predicted octanol–water partition coefficient (Wildman–Crippen LogP) is 4.19. The molecule has 0 atom stereocenters. The Morgan fingerprint density at radius 3 is 2.05 bits per heavy atom. The van der Waals surface area contributed by atoms with Gasteiger partial charge in [0, 0.05) is 0 Å². The van der Waals surface area contributed by atoms with Gasteiger partial charge in [-0.15, -0.1) is 0 Å². The molecule has 2 heteroatoms. The number of carbonyl (C=O) groups is 1. The van der Waals surface area contributed by atoms with Crippen LogP contribution in [0, 0.1) is 0 Å². The van der Waals surface area contributed by atoms with Gasteiger partial charge in [-0.05, 0) is 37.5 Å². The van der Waals surface area contributed by atoms with Crippen LogP contribution in [0.4, 0.5) is 0 Å². The first-order valence-corrected chi connectivity index (χ1v) is 6.89. The lowest BCUT2D eigenvalue weighted by atomic mass is 9.84. The first-order valence-electron chi connectivity index (χ1n) is 6.89. The second kappa shape index (κ2) is 5.91. The fraction of sp³-hybridized carbons (Fsp3) is 0.278. The minimum absolute atomic E-state index is 0.188. The monoisotopic (exact) mass is 268 g/mol. The highest BCUT2D eigenvalue weighted by molar-refractivity contribution is 5.82. The van der Waals surface area contributed by atoms with Crippen LogP contribution >= 0.6 is 0 Å². The largest absolute Gasteiger partial charge is 0.465 e. The van der Waals surface area contributed by atoms with Gasteiger partial charge in [0.1, 0.15) is 0 Å². The van der Waals surface area contributed by atoms with Gasteiger partial charge in [-0.2, -0.15) is 0 Å². The summed E-state index contributed by atoms with van der Waals surface area (Å²) < 4.78 is 5.14. The molecule has 0 saturated carbocycles. The second-order valence-electron chi connectivity index (χ2n) is 5.29. The maximum Gasteiger partial charge on any atom is 0.315 e. The number of hydrogen-bond donors (Lipinski definition) is 0. The highest BCUT2D eigenvalue weighted by atomic mass is 16.5. The zero-order valence-corrected chi connectivity index (χ0v) is 12.2. The molecule has 2 nitrogen and oxygen atoms in total. The van der Waals surface area contributed by atoms with Gasteiger partial charge in [-0.1, -0.05) is 54.6 Å². The Bertz CT molecular complexity index is 568. The average Bonchev–Trinajstić information content (AvgIpc) is 2.48. The molecule has 0 fully saturated rings. The number of benzene rings is 2. The number of esters is 1. The zero-order valence-electron chi connectivity index (χ0n) is 12.2. The molecular formula is C18H20O2. The van der Waals surface area contributed by atoms with Crippen molar-refractivity contribution in [3.63, 3.8) is 0 Å². The number of hydrogen-bond acceptors (Lipinski definition) is 2. The van der Waals surface area contributed by atoms with Gasteiger partial charge >= 0.3 is 5.97 Å². The van der Waals surface area contributed by atoms with Gasteiger partial charge in [0.25, 0.3) is 0 Å². The van der Waals surface area contributed by atoms with Crippen molar-refractivity contribution >= 4 is 5.97 Å². The molecule has 104 valence electrons. The molecule has 2 aromatic carbocycles. The summed E-state index contributed by atoms with van der Waals surface area (Å²) in [6.45, 7) is 6.02. The van der Waals surface area contributed by atoms with Crippen LogP contribution in [0.5, 0.6) is 0 Å². The molecule has 0 aliphatic heterocycles. The van der Waals surface area contributed by atoms with E-state index in [0.29, 0.717) is 6.61 Å². The van der Waals surface area contributed by atoms with Crippen molar-refractivity contribution in [3.05, 3.63) is 60.2 Å². The van der Waals surface area contributed by atoms with Crippen LogP contribution in [0.3, 0.4) is 0 Å². The summed E-state index contributed by atoms with van der Waals surface area (Å²) in [6.07, 6.45) is 0. The van der Waals surface area contributed by atoms with Crippen molar-refractivity contribution in [3.8, 4) is 11.1 Å². The SMILES string of the molecule is CCOC(=O)C(C)(C)c1ccc(-c2ccccc2)cc1.